The van der Waals surface area contributed by atoms with Gasteiger partial charge in [-0.15, -0.1) is 5.10 Å². The van der Waals surface area contributed by atoms with Gasteiger partial charge < -0.3 is 10.0 Å². The van der Waals surface area contributed by atoms with Gasteiger partial charge in [-0.3, -0.25) is 4.79 Å². The summed E-state index contributed by atoms with van der Waals surface area (Å²) in [6, 6.07) is 0.569. The second-order valence-corrected chi connectivity index (χ2v) is 6.01. The highest BCUT2D eigenvalue weighted by Crippen LogP contribution is 2.22. The van der Waals surface area contributed by atoms with Crippen LogP contribution in [-0.4, -0.2) is 61.1 Å². The van der Waals surface area contributed by atoms with Crippen LogP contribution in [0.1, 0.15) is 20.3 Å². The molecule has 1 atom stereocenters. The number of aromatic nitrogens is 4. The Hall–Kier alpha value is -1.15. The molecule has 0 radical (unpaired) electrons. The van der Waals surface area contributed by atoms with Gasteiger partial charge in [0.2, 0.25) is 5.16 Å². The first-order valence-corrected chi connectivity index (χ1v) is 7.39. The van der Waals surface area contributed by atoms with Gasteiger partial charge in [-0.1, -0.05) is 11.8 Å². The van der Waals surface area contributed by atoms with Gasteiger partial charge in [0.1, 0.15) is 0 Å². The molecule has 0 aliphatic carbocycles. The van der Waals surface area contributed by atoms with Gasteiger partial charge >= 0.3 is 5.97 Å². The standard InChI is InChI=1S/C11H19N5O2S/c1-8(2)15-4-3-9(5-15)6-16-11(12-13-14-16)19-7-10(17)18/h8-9H,3-7H2,1-2H3,(H,17,18). The zero-order valence-corrected chi connectivity index (χ0v) is 12.0. The molecule has 0 spiro atoms. The molecule has 1 aliphatic heterocycles. The smallest absolute Gasteiger partial charge is 0.313 e. The third-order valence-corrected chi connectivity index (χ3v) is 4.24. The number of carboxylic acids is 1. The lowest BCUT2D eigenvalue weighted by molar-refractivity contribution is -0.133. The number of nitrogens with zero attached hydrogens (tertiary/aromatic N) is 5. The molecule has 0 amide bonds. The van der Waals surface area contributed by atoms with Gasteiger partial charge in [0.15, 0.2) is 0 Å². The number of thioether (sulfide) groups is 1. The lowest BCUT2D eigenvalue weighted by atomic mass is 10.1. The summed E-state index contributed by atoms with van der Waals surface area (Å²) >= 11 is 1.17. The minimum Gasteiger partial charge on any atom is -0.481 e. The Morgan fingerprint density at radius 2 is 2.37 bits per heavy atom. The minimum absolute atomic E-state index is 0.0108. The lowest BCUT2D eigenvalue weighted by Crippen LogP contribution is -2.29. The van der Waals surface area contributed by atoms with E-state index in [-0.39, 0.29) is 5.75 Å². The van der Waals surface area contributed by atoms with Crippen LogP contribution in [-0.2, 0) is 11.3 Å². The summed E-state index contributed by atoms with van der Waals surface area (Å²) in [5, 5.41) is 20.7. The zero-order valence-electron chi connectivity index (χ0n) is 11.2. The van der Waals surface area contributed by atoms with E-state index in [9.17, 15) is 4.79 Å². The fourth-order valence-corrected chi connectivity index (χ4v) is 2.87. The fourth-order valence-electron chi connectivity index (χ4n) is 2.27. The molecule has 7 nitrogen and oxygen atoms in total. The van der Waals surface area contributed by atoms with Crippen molar-refractivity contribution in [2.45, 2.75) is 38.0 Å². The van der Waals surface area contributed by atoms with Gasteiger partial charge in [0.05, 0.1) is 5.75 Å². The predicted molar refractivity (Wildman–Crippen MR) is 71.0 cm³/mol. The molecule has 2 heterocycles. The molecule has 8 heteroatoms. The maximum Gasteiger partial charge on any atom is 0.313 e. The first-order chi connectivity index (χ1) is 9.06. The van der Waals surface area contributed by atoms with E-state index < -0.39 is 5.97 Å². The number of hydrogen-bond acceptors (Lipinski definition) is 6. The van der Waals surface area contributed by atoms with Crippen LogP contribution in [0.3, 0.4) is 0 Å². The van der Waals surface area contributed by atoms with Crippen molar-refractivity contribution in [3.63, 3.8) is 0 Å². The first-order valence-electron chi connectivity index (χ1n) is 6.41. The second kappa shape index (κ2) is 6.33. The van der Waals surface area contributed by atoms with Crippen LogP contribution in [0.2, 0.25) is 0 Å². The maximum absolute atomic E-state index is 10.6. The van der Waals surface area contributed by atoms with Crippen molar-refractivity contribution in [3.05, 3.63) is 0 Å². The van der Waals surface area contributed by atoms with Crippen LogP contribution in [0.25, 0.3) is 0 Å². The molecule has 19 heavy (non-hydrogen) atoms. The summed E-state index contributed by atoms with van der Waals surface area (Å²) in [5.74, 6) is -0.329. The molecule has 1 unspecified atom stereocenters. The van der Waals surface area contributed by atoms with Crippen molar-refractivity contribution in [3.8, 4) is 0 Å². The third kappa shape index (κ3) is 3.90. The Bertz CT molecular complexity index is 436. The Labute approximate surface area is 116 Å². The van der Waals surface area contributed by atoms with E-state index >= 15 is 0 Å². The molecule has 1 aliphatic rings. The molecular weight excluding hydrogens is 266 g/mol. The SMILES string of the molecule is CC(C)N1CCC(Cn2nnnc2SCC(=O)O)C1. The number of aliphatic carboxylic acids is 1. The van der Waals surface area contributed by atoms with Crippen LogP contribution in [0.15, 0.2) is 5.16 Å². The molecule has 1 saturated heterocycles. The highest BCUT2D eigenvalue weighted by atomic mass is 32.2. The summed E-state index contributed by atoms with van der Waals surface area (Å²) in [5.41, 5.74) is 0. The first kappa shape index (κ1) is 14.3. The van der Waals surface area contributed by atoms with Gasteiger partial charge in [-0.2, -0.15) is 0 Å². The summed E-state index contributed by atoms with van der Waals surface area (Å²) in [4.78, 5) is 13.0. The van der Waals surface area contributed by atoms with E-state index in [1.54, 1.807) is 4.68 Å². The molecule has 106 valence electrons. The number of carboxylic acid groups (broad SMARTS) is 1. The second-order valence-electron chi connectivity index (χ2n) is 5.07. The number of carbonyl (C=O) groups is 1. The van der Waals surface area contributed by atoms with Gasteiger partial charge in [0, 0.05) is 19.1 Å². The third-order valence-electron chi connectivity index (χ3n) is 3.30. The van der Waals surface area contributed by atoms with Gasteiger partial charge in [-0.05, 0) is 43.2 Å². The Morgan fingerprint density at radius 1 is 1.58 bits per heavy atom. The topological polar surface area (TPSA) is 84.1 Å². The number of rotatable bonds is 6. The summed E-state index contributed by atoms with van der Waals surface area (Å²) in [7, 11) is 0. The van der Waals surface area contributed by atoms with Crippen molar-refractivity contribution in [2.75, 3.05) is 18.8 Å². The van der Waals surface area contributed by atoms with Gasteiger partial charge in [0.25, 0.3) is 0 Å². The van der Waals surface area contributed by atoms with Crippen molar-refractivity contribution >= 4 is 17.7 Å². The molecule has 0 saturated carbocycles. The van der Waals surface area contributed by atoms with E-state index in [0.29, 0.717) is 17.1 Å². The van der Waals surface area contributed by atoms with Crippen LogP contribution < -0.4 is 0 Å². The Kier molecular flexibility index (Phi) is 4.76. The quantitative estimate of drug-likeness (QED) is 0.765. The average molecular weight is 285 g/mol. The molecule has 2 rings (SSSR count). The predicted octanol–water partition coefficient (Wildman–Crippen LogP) is 0.580. The highest BCUT2D eigenvalue weighted by molar-refractivity contribution is 7.99. The number of hydrogen-bond donors (Lipinski definition) is 1. The summed E-state index contributed by atoms with van der Waals surface area (Å²) < 4.78 is 1.72. The van der Waals surface area contributed by atoms with E-state index in [1.807, 2.05) is 0 Å². The lowest BCUT2D eigenvalue weighted by Gasteiger charge is -2.20. The largest absolute Gasteiger partial charge is 0.481 e. The molecule has 1 aromatic heterocycles. The highest BCUT2D eigenvalue weighted by Gasteiger charge is 2.25. The van der Waals surface area contributed by atoms with Crippen molar-refractivity contribution < 1.29 is 9.90 Å². The number of tetrazole rings is 1. The maximum atomic E-state index is 10.6. The van der Waals surface area contributed by atoms with Crippen molar-refractivity contribution in [1.29, 1.82) is 0 Å². The van der Waals surface area contributed by atoms with Crippen molar-refractivity contribution in [2.24, 2.45) is 5.92 Å². The summed E-state index contributed by atoms with van der Waals surface area (Å²) in [6.45, 7) is 7.34. The van der Waals surface area contributed by atoms with E-state index in [0.717, 1.165) is 26.1 Å². The van der Waals surface area contributed by atoms with Crippen molar-refractivity contribution in [1.82, 2.24) is 25.1 Å². The summed E-state index contributed by atoms with van der Waals surface area (Å²) in [6.07, 6.45) is 1.14. The van der Waals surface area contributed by atoms with Crippen LogP contribution in [0.5, 0.6) is 0 Å². The van der Waals surface area contributed by atoms with Crippen LogP contribution in [0, 0.1) is 5.92 Å². The Morgan fingerprint density at radius 3 is 3.00 bits per heavy atom. The van der Waals surface area contributed by atoms with E-state index in [2.05, 4.69) is 34.3 Å². The Balaban J connectivity index is 1.89. The van der Waals surface area contributed by atoms with E-state index in [4.69, 9.17) is 5.11 Å². The minimum atomic E-state index is -0.855. The van der Waals surface area contributed by atoms with Crippen LogP contribution >= 0.6 is 11.8 Å². The van der Waals surface area contributed by atoms with E-state index in [1.165, 1.54) is 11.8 Å². The van der Waals surface area contributed by atoms with Crippen LogP contribution in [0.4, 0.5) is 0 Å². The zero-order chi connectivity index (χ0) is 13.8. The van der Waals surface area contributed by atoms with Gasteiger partial charge in [-0.25, -0.2) is 4.68 Å². The normalized spacial score (nSPS) is 20.3. The fraction of sp³-hybridized carbons (Fsp3) is 0.818. The molecule has 1 N–H and O–H groups in total. The molecule has 1 aromatic rings. The molecule has 1 fully saturated rings. The number of likely N-dealkylation sites (tertiary alicyclic amines) is 1. The molecule has 0 aromatic carbocycles. The monoisotopic (exact) mass is 285 g/mol. The molecular formula is C11H19N5O2S. The average Bonchev–Trinajstić information content (AvgIpc) is 2.96. The molecule has 0 bridgehead atoms.